The van der Waals surface area contributed by atoms with Crippen molar-refractivity contribution >= 4 is 28.0 Å². The van der Waals surface area contributed by atoms with Crippen LogP contribution in [0, 0.1) is 18.3 Å². The fourth-order valence-electron chi connectivity index (χ4n) is 0.604. The van der Waals surface area contributed by atoms with Crippen LogP contribution in [0.15, 0.2) is 11.5 Å². The van der Waals surface area contributed by atoms with Crippen molar-refractivity contribution in [3.05, 3.63) is 22.2 Å². The van der Waals surface area contributed by atoms with Crippen molar-refractivity contribution in [2.75, 3.05) is 0 Å². The lowest BCUT2D eigenvalue weighted by Gasteiger charge is -1.85. The number of aryl methyl sites for hydroxylation is 1. The summed E-state index contributed by atoms with van der Waals surface area (Å²) in [5.41, 5.74) is 0.677. The molecule has 0 amide bonds. The standard InChI is InChI=1S/C7H5ClN2S/c1-5-10-7(4-11-5)6(8)2-3-9/h2,4H,1H3. The molecule has 1 aromatic heterocycles. The molecule has 1 rings (SSSR count). The Bertz CT molecular complexity index is 321. The molecule has 0 unspecified atom stereocenters. The predicted octanol–water partition coefficient (Wildman–Crippen LogP) is 2.55. The van der Waals surface area contributed by atoms with Crippen LogP contribution in [0.2, 0.25) is 0 Å². The molecule has 11 heavy (non-hydrogen) atoms. The van der Waals surface area contributed by atoms with Gasteiger partial charge in [0.05, 0.1) is 21.8 Å². The molecule has 0 saturated heterocycles. The van der Waals surface area contributed by atoms with E-state index in [1.54, 1.807) is 0 Å². The van der Waals surface area contributed by atoms with Crippen LogP contribution in [0.1, 0.15) is 10.7 Å². The highest BCUT2D eigenvalue weighted by molar-refractivity contribution is 7.09. The van der Waals surface area contributed by atoms with Crippen LogP contribution >= 0.6 is 22.9 Å². The Hall–Kier alpha value is -0.850. The van der Waals surface area contributed by atoms with Crippen LogP contribution in [0.3, 0.4) is 0 Å². The van der Waals surface area contributed by atoms with E-state index in [1.165, 1.54) is 17.4 Å². The summed E-state index contributed by atoms with van der Waals surface area (Å²) in [7, 11) is 0. The number of thiazole rings is 1. The van der Waals surface area contributed by atoms with Gasteiger partial charge in [-0.2, -0.15) is 5.26 Å². The van der Waals surface area contributed by atoms with Crippen molar-refractivity contribution in [1.29, 1.82) is 5.26 Å². The fourth-order valence-corrected chi connectivity index (χ4v) is 1.43. The van der Waals surface area contributed by atoms with Gasteiger partial charge in [-0.15, -0.1) is 11.3 Å². The lowest BCUT2D eigenvalue weighted by molar-refractivity contribution is 1.27. The summed E-state index contributed by atoms with van der Waals surface area (Å²) in [6.45, 7) is 1.89. The molecule has 0 spiro atoms. The molecule has 0 aliphatic rings. The predicted molar refractivity (Wildman–Crippen MR) is 46.3 cm³/mol. The molecular formula is C7H5ClN2S. The Morgan fingerprint density at radius 1 is 1.91 bits per heavy atom. The van der Waals surface area contributed by atoms with Crippen molar-refractivity contribution in [3.63, 3.8) is 0 Å². The second-order valence-corrected chi connectivity index (χ2v) is 3.34. The van der Waals surface area contributed by atoms with Gasteiger partial charge in [-0.05, 0) is 6.92 Å². The van der Waals surface area contributed by atoms with Crippen LogP contribution in [0.4, 0.5) is 0 Å². The van der Waals surface area contributed by atoms with Gasteiger partial charge in [0.2, 0.25) is 0 Å². The zero-order valence-electron chi connectivity index (χ0n) is 5.84. The zero-order chi connectivity index (χ0) is 8.27. The quantitative estimate of drug-likeness (QED) is 0.629. The molecule has 0 saturated carbocycles. The molecule has 0 aliphatic carbocycles. The number of hydrogen-bond donors (Lipinski definition) is 0. The van der Waals surface area contributed by atoms with Gasteiger partial charge in [0.25, 0.3) is 0 Å². The first-order valence-electron chi connectivity index (χ1n) is 2.92. The van der Waals surface area contributed by atoms with Gasteiger partial charge in [-0.1, -0.05) is 11.6 Å². The molecule has 1 aromatic rings. The average Bonchev–Trinajstić information content (AvgIpc) is 2.36. The van der Waals surface area contributed by atoms with Crippen LogP contribution in [-0.4, -0.2) is 4.98 Å². The molecule has 0 fully saturated rings. The van der Waals surface area contributed by atoms with Gasteiger partial charge in [0.15, 0.2) is 0 Å². The minimum atomic E-state index is 0.400. The van der Waals surface area contributed by atoms with E-state index >= 15 is 0 Å². The van der Waals surface area contributed by atoms with E-state index in [4.69, 9.17) is 16.9 Å². The normalized spacial score (nSPS) is 11.2. The van der Waals surface area contributed by atoms with E-state index in [0.29, 0.717) is 10.7 Å². The first kappa shape index (κ1) is 8.25. The highest BCUT2D eigenvalue weighted by Gasteiger charge is 2.00. The summed E-state index contributed by atoms with van der Waals surface area (Å²) in [5, 5.41) is 11.4. The first-order valence-corrected chi connectivity index (χ1v) is 4.17. The topological polar surface area (TPSA) is 36.7 Å². The maximum absolute atomic E-state index is 8.27. The van der Waals surface area contributed by atoms with Gasteiger partial charge in [0.1, 0.15) is 0 Å². The van der Waals surface area contributed by atoms with Gasteiger partial charge in [0, 0.05) is 11.5 Å². The molecule has 0 N–H and O–H groups in total. The monoisotopic (exact) mass is 184 g/mol. The lowest BCUT2D eigenvalue weighted by Crippen LogP contribution is -1.75. The second kappa shape index (κ2) is 3.51. The molecule has 2 nitrogen and oxygen atoms in total. The fraction of sp³-hybridized carbons (Fsp3) is 0.143. The van der Waals surface area contributed by atoms with Crippen molar-refractivity contribution in [2.24, 2.45) is 0 Å². The smallest absolute Gasteiger partial charge is 0.0935 e. The van der Waals surface area contributed by atoms with Crippen LogP contribution in [-0.2, 0) is 0 Å². The largest absolute Gasteiger partial charge is 0.241 e. The van der Waals surface area contributed by atoms with Gasteiger partial charge < -0.3 is 0 Å². The second-order valence-electron chi connectivity index (χ2n) is 1.87. The number of nitriles is 1. The van der Waals surface area contributed by atoms with Gasteiger partial charge in [-0.25, -0.2) is 4.98 Å². The van der Waals surface area contributed by atoms with Crippen molar-refractivity contribution in [3.8, 4) is 6.07 Å². The average molecular weight is 185 g/mol. The molecule has 56 valence electrons. The van der Waals surface area contributed by atoms with Crippen LogP contribution in [0.25, 0.3) is 5.03 Å². The van der Waals surface area contributed by atoms with E-state index < -0.39 is 0 Å². The zero-order valence-corrected chi connectivity index (χ0v) is 7.41. The Morgan fingerprint density at radius 2 is 2.64 bits per heavy atom. The van der Waals surface area contributed by atoms with Gasteiger partial charge in [-0.3, -0.25) is 0 Å². The molecular weight excluding hydrogens is 180 g/mol. The van der Waals surface area contributed by atoms with E-state index in [9.17, 15) is 0 Å². The lowest BCUT2D eigenvalue weighted by atomic mass is 10.4. The summed E-state index contributed by atoms with van der Waals surface area (Å²) >= 11 is 7.22. The number of hydrogen-bond acceptors (Lipinski definition) is 3. The Labute approximate surface area is 73.8 Å². The minimum Gasteiger partial charge on any atom is -0.241 e. The summed E-state index contributed by atoms with van der Waals surface area (Å²) in [4.78, 5) is 4.10. The van der Waals surface area contributed by atoms with E-state index in [0.717, 1.165) is 5.01 Å². The third-order valence-electron chi connectivity index (χ3n) is 1.05. The third-order valence-corrected chi connectivity index (χ3v) is 2.13. The van der Waals surface area contributed by atoms with Gasteiger partial charge >= 0.3 is 0 Å². The summed E-state index contributed by atoms with van der Waals surface area (Å²) < 4.78 is 0. The Balaban J connectivity index is 2.95. The summed E-state index contributed by atoms with van der Waals surface area (Å²) in [6.07, 6.45) is 1.27. The molecule has 0 aliphatic heterocycles. The number of halogens is 1. The summed E-state index contributed by atoms with van der Waals surface area (Å²) in [5.74, 6) is 0. The molecule has 0 bridgehead atoms. The molecule has 4 heteroatoms. The molecule has 0 radical (unpaired) electrons. The highest BCUT2D eigenvalue weighted by atomic mass is 35.5. The molecule has 0 atom stereocenters. The Morgan fingerprint density at radius 3 is 3.09 bits per heavy atom. The SMILES string of the molecule is Cc1nc(C(Cl)=CC#N)cs1. The highest BCUT2D eigenvalue weighted by Crippen LogP contribution is 2.19. The third kappa shape index (κ3) is 2.04. The first-order chi connectivity index (χ1) is 5.24. The summed E-state index contributed by atoms with van der Waals surface area (Å²) in [6, 6.07) is 1.85. The van der Waals surface area contributed by atoms with Crippen molar-refractivity contribution < 1.29 is 0 Å². The number of nitrogens with zero attached hydrogens (tertiary/aromatic N) is 2. The van der Waals surface area contributed by atoms with E-state index in [1.807, 2.05) is 18.4 Å². The number of allylic oxidation sites excluding steroid dienone is 1. The van der Waals surface area contributed by atoms with E-state index in [-0.39, 0.29) is 0 Å². The number of rotatable bonds is 1. The van der Waals surface area contributed by atoms with E-state index in [2.05, 4.69) is 4.98 Å². The van der Waals surface area contributed by atoms with Crippen LogP contribution < -0.4 is 0 Å². The molecule has 0 aromatic carbocycles. The maximum Gasteiger partial charge on any atom is 0.0935 e. The van der Waals surface area contributed by atoms with Crippen molar-refractivity contribution in [1.82, 2.24) is 4.98 Å². The molecule has 1 heterocycles. The van der Waals surface area contributed by atoms with Crippen molar-refractivity contribution in [2.45, 2.75) is 6.92 Å². The van der Waals surface area contributed by atoms with Crippen LogP contribution in [0.5, 0.6) is 0 Å². The number of aromatic nitrogens is 1. The maximum atomic E-state index is 8.27. The Kier molecular flexibility index (Phi) is 2.64. The minimum absolute atomic E-state index is 0.400.